The van der Waals surface area contributed by atoms with Crippen LogP contribution in [0.4, 0.5) is 5.69 Å². The monoisotopic (exact) mass is 314 g/mol. The molecule has 0 spiro atoms. The topological polar surface area (TPSA) is 39.7 Å². The largest absolute Gasteiger partial charge is 0.372 e. The Bertz CT molecular complexity index is 530. The lowest BCUT2D eigenvalue weighted by molar-refractivity contribution is 0.685. The zero-order valence-corrected chi connectivity index (χ0v) is 14.7. The number of nitrogens with one attached hydrogen (secondary N) is 2. The Morgan fingerprint density at radius 1 is 1.35 bits per heavy atom. The van der Waals surface area contributed by atoms with Crippen LogP contribution in [0.15, 0.2) is 41.4 Å². The highest BCUT2D eigenvalue weighted by Crippen LogP contribution is 2.23. The van der Waals surface area contributed by atoms with Gasteiger partial charge in [0.2, 0.25) is 0 Å². The summed E-state index contributed by atoms with van der Waals surface area (Å²) < 4.78 is 0. The molecule has 2 N–H and O–H groups in total. The van der Waals surface area contributed by atoms with E-state index in [1.807, 2.05) is 14.0 Å². The van der Waals surface area contributed by atoms with E-state index in [-0.39, 0.29) is 6.04 Å². The molecular formula is C19H30N4. The maximum Gasteiger partial charge on any atom is 0.191 e. The first-order valence-electron chi connectivity index (χ1n) is 8.68. The predicted octanol–water partition coefficient (Wildman–Crippen LogP) is 3.48. The van der Waals surface area contributed by atoms with Crippen molar-refractivity contribution in [2.75, 3.05) is 31.6 Å². The second-order valence-corrected chi connectivity index (χ2v) is 6.01. The Hall–Kier alpha value is -1.97. The molecule has 2 rings (SSSR count). The Kier molecular flexibility index (Phi) is 6.98. The van der Waals surface area contributed by atoms with Gasteiger partial charge in [-0.05, 0) is 50.8 Å². The van der Waals surface area contributed by atoms with Gasteiger partial charge in [-0.25, -0.2) is 0 Å². The summed E-state index contributed by atoms with van der Waals surface area (Å²) in [5.41, 5.74) is 2.63. The lowest BCUT2D eigenvalue weighted by Gasteiger charge is -2.22. The fraction of sp³-hybridized carbons (Fsp3) is 0.526. The van der Waals surface area contributed by atoms with Gasteiger partial charge in [-0.2, -0.15) is 0 Å². The van der Waals surface area contributed by atoms with Gasteiger partial charge in [-0.3, -0.25) is 4.99 Å². The maximum absolute atomic E-state index is 4.31. The lowest BCUT2D eigenvalue weighted by atomic mass is 10.1. The van der Waals surface area contributed by atoms with Crippen LogP contribution in [0.2, 0.25) is 0 Å². The molecule has 0 aromatic heterocycles. The van der Waals surface area contributed by atoms with E-state index in [1.165, 1.54) is 37.2 Å². The molecular weight excluding hydrogens is 284 g/mol. The molecule has 126 valence electrons. The van der Waals surface area contributed by atoms with Crippen molar-refractivity contribution in [2.24, 2.45) is 4.99 Å². The molecule has 1 aromatic carbocycles. The highest BCUT2D eigenvalue weighted by molar-refractivity contribution is 5.80. The van der Waals surface area contributed by atoms with Crippen LogP contribution in [-0.2, 0) is 0 Å². The van der Waals surface area contributed by atoms with Crippen molar-refractivity contribution < 1.29 is 0 Å². The van der Waals surface area contributed by atoms with Crippen LogP contribution in [0.25, 0.3) is 0 Å². The van der Waals surface area contributed by atoms with Gasteiger partial charge in [-0.1, -0.05) is 24.3 Å². The molecule has 1 saturated heterocycles. The summed E-state index contributed by atoms with van der Waals surface area (Å²) in [7, 11) is 1.82. The molecule has 0 amide bonds. The van der Waals surface area contributed by atoms with Crippen LogP contribution in [0, 0.1) is 0 Å². The van der Waals surface area contributed by atoms with Crippen LogP contribution in [-0.4, -0.2) is 32.6 Å². The van der Waals surface area contributed by atoms with Gasteiger partial charge in [-0.15, -0.1) is 0 Å². The average Bonchev–Trinajstić information content (AvgIpc) is 3.12. The van der Waals surface area contributed by atoms with E-state index in [9.17, 15) is 0 Å². The van der Waals surface area contributed by atoms with E-state index < -0.39 is 0 Å². The third-order valence-electron chi connectivity index (χ3n) is 4.26. The van der Waals surface area contributed by atoms with Gasteiger partial charge in [0.25, 0.3) is 0 Å². The van der Waals surface area contributed by atoms with E-state index >= 15 is 0 Å². The first-order chi connectivity index (χ1) is 11.2. The summed E-state index contributed by atoms with van der Waals surface area (Å²) in [6.45, 7) is 7.48. The van der Waals surface area contributed by atoms with Crippen molar-refractivity contribution in [3.05, 3.63) is 42.0 Å². The van der Waals surface area contributed by atoms with Crippen molar-refractivity contribution in [1.29, 1.82) is 0 Å². The van der Waals surface area contributed by atoms with Crippen molar-refractivity contribution in [1.82, 2.24) is 10.6 Å². The number of nitrogens with zero attached hydrogens (tertiary/aromatic N) is 2. The first-order valence-corrected chi connectivity index (χ1v) is 8.68. The number of hydrogen-bond donors (Lipinski definition) is 2. The summed E-state index contributed by atoms with van der Waals surface area (Å²) in [6, 6.07) is 9.08. The molecule has 1 fully saturated rings. The van der Waals surface area contributed by atoms with E-state index in [1.54, 1.807) is 0 Å². The Labute approximate surface area is 140 Å². The van der Waals surface area contributed by atoms with Gasteiger partial charge in [0.1, 0.15) is 0 Å². The molecule has 1 aromatic rings. The van der Waals surface area contributed by atoms with Crippen LogP contribution in [0.3, 0.4) is 0 Å². The number of benzene rings is 1. The molecule has 0 saturated carbocycles. The summed E-state index contributed by atoms with van der Waals surface area (Å²) >= 11 is 0. The Morgan fingerprint density at radius 3 is 2.83 bits per heavy atom. The van der Waals surface area contributed by atoms with Crippen LogP contribution >= 0.6 is 0 Å². The number of rotatable bonds is 6. The van der Waals surface area contributed by atoms with Crippen molar-refractivity contribution in [3.8, 4) is 0 Å². The molecule has 0 bridgehead atoms. The molecule has 0 radical (unpaired) electrons. The second-order valence-electron chi connectivity index (χ2n) is 6.01. The number of aliphatic imine (C=N–C) groups is 1. The molecule has 1 aliphatic rings. The predicted molar refractivity (Wildman–Crippen MR) is 100 cm³/mol. The van der Waals surface area contributed by atoms with Crippen molar-refractivity contribution >= 4 is 11.6 Å². The molecule has 23 heavy (non-hydrogen) atoms. The molecule has 0 aliphatic carbocycles. The maximum atomic E-state index is 4.31. The van der Waals surface area contributed by atoms with Gasteiger partial charge >= 0.3 is 0 Å². The Balaban J connectivity index is 1.93. The minimum Gasteiger partial charge on any atom is -0.372 e. The molecule has 1 atom stereocenters. The third-order valence-corrected chi connectivity index (χ3v) is 4.26. The van der Waals surface area contributed by atoms with Gasteiger partial charge < -0.3 is 15.5 Å². The first kappa shape index (κ1) is 17.4. The fourth-order valence-corrected chi connectivity index (χ4v) is 2.89. The smallest absolute Gasteiger partial charge is 0.191 e. The lowest BCUT2D eigenvalue weighted by Crippen LogP contribution is -2.39. The van der Waals surface area contributed by atoms with E-state index in [2.05, 4.69) is 63.9 Å². The number of allylic oxidation sites excluding steroid dienone is 1. The zero-order chi connectivity index (χ0) is 16.5. The average molecular weight is 314 g/mol. The van der Waals surface area contributed by atoms with Crippen LogP contribution < -0.4 is 15.5 Å². The molecule has 1 unspecified atom stereocenters. The molecule has 4 nitrogen and oxygen atoms in total. The molecule has 1 heterocycles. The normalized spacial score (nSPS) is 16.8. The van der Waals surface area contributed by atoms with Crippen LogP contribution in [0.1, 0.15) is 44.7 Å². The van der Waals surface area contributed by atoms with E-state index in [4.69, 9.17) is 0 Å². The number of guanidine groups is 1. The summed E-state index contributed by atoms with van der Waals surface area (Å²) in [6.07, 6.45) is 7.85. The fourth-order valence-electron chi connectivity index (χ4n) is 2.89. The van der Waals surface area contributed by atoms with Crippen molar-refractivity contribution in [3.63, 3.8) is 0 Å². The summed E-state index contributed by atoms with van der Waals surface area (Å²) in [5, 5.41) is 6.83. The number of anilines is 1. The van der Waals surface area contributed by atoms with Gasteiger partial charge in [0.15, 0.2) is 5.96 Å². The number of hydrogen-bond acceptors (Lipinski definition) is 2. The van der Waals surface area contributed by atoms with E-state index in [0.29, 0.717) is 0 Å². The minimum atomic E-state index is 0.227. The minimum absolute atomic E-state index is 0.227. The summed E-state index contributed by atoms with van der Waals surface area (Å²) in [4.78, 5) is 6.78. The van der Waals surface area contributed by atoms with Crippen molar-refractivity contribution in [2.45, 2.75) is 39.2 Å². The highest BCUT2D eigenvalue weighted by Gasteiger charge is 2.14. The standard InChI is InChI=1S/C19H30N4/c1-4-5-6-12-21-19(20-3)22-16(2)17-10-9-11-18(15-17)23-13-7-8-14-23/h4-5,9-11,15-16H,6-8,12-14H2,1-3H3,(H2,20,21,22)/b5-4+. The van der Waals surface area contributed by atoms with Gasteiger partial charge in [0, 0.05) is 32.4 Å². The SMILES string of the molecule is C/C=C/CCNC(=NC)NC(C)c1cccc(N2CCCC2)c1. The molecule has 1 aliphatic heterocycles. The quantitative estimate of drug-likeness (QED) is 0.365. The summed E-state index contributed by atoms with van der Waals surface area (Å²) in [5.74, 6) is 0.855. The van der Waals surface area contributed by atoms with Gasteiger partial charge in [0.05, 0.1) is 6.04 Å². The Morgan fingerprint density at radius 2 is 2.13 bits per heavy atom. The second kappa shape index (κ2) is 9.23. The third kappa shape index (κ3) is 5.31. The van der Waals surface area contributed by atoms with E-state index in [0.717, 1.165) is 18.9 Å². The van der Waals surface area contributed by atoms with Crippen LogP contribution in [0.5, 0.6) is 0 Å². The zero-order valence-electron chi connectivity index (χ0n) is 14.7. The molecule has 4 heteroatoms. The highest BCUT2D eigenvalue weighted by atomic mass is 15.2.